The van der Waals surface area contributed by atoms with Gasteiger partial charge in [-0.15, -0.1) is 0 Å². The van der Waals surface area contributed by atoms with Crippen molar-refractivity contribution in [1.82, 2.24) is 20.2 Å². The molecule has 1 amide bonds. The van der Waals surface area contributed by atoms with Gasteiger partial charge in [0.25, 0.3) is 5.91 Å². The first-order chi connectivity index (χ1) is 15.5. The zero-order valence-corrected chi connectivity index (χ0v) is 18.6. The fourth-order valence-electron chi connectivity index (χ4n) is 3.55. The predicted molar refractivity (Wildman–Crippen MR) is 118 cm³/mol. The Balaban J connectivity index is 1.75. The monoisotopic (exact) mass is 456 g/mol. The lowest BCUT2D eigenvalue weighted by atomic mass is 9.95. The van der Waals surface area contributed by atoms with E-state index in [1.807, 2.05) is 24.3 Å². The number of halogens is 1. The van der Waals surface area contributed by atoms with Gasteiger partial charge >= 0.3 is 0 Å². The van der Waals surface area contributed by atoms with E-state index in [0.29, 0.717) is 45.2 Å². The van der Waals surface area contributed by atoms with E-state index in [1.165, 1.54) is 14.2 Å². The Kier molecular flexibility index (Phi) is 5.87. The largest absolute Gasteiger partial charge is 0.497 e. The molecule has 0 saturated heterocycles. The molecule has 0 unspecified atom stereocenters. The van der Waals surface area contributed by atoms with Gasteiger partial charge in [0.15, 0.2) is 0 Å². The summed E-state index contributed by atoms with van der Waals surface area (Å²) < 4.78 is 17.5. The van der Waals surface area contributed by atoms with Crippen LogP contribution in [0, 0.1) is 0 Å². The molecule has 4 rings (SSSR count). The van der Waals surface area contributed by atoms with Gasteiger partial charge in [0, 0.05) is 17.8 Å². The molecule has 166 valence electrons. The van der Waals surface area contributed by atoms with Crippen molar-refractivity contribution >= 4 is 29.1 Å². The number of anilines is 2. The molecule has 0 saturated carbocycles. The Morgan fingerprint density at radius 1 is 1.09 bits per heavy atom. The molecule has 0 aliphatic carbocycles. The van der Waals surface area contributed by atoms with Crippen molar-refractivity contribution in [3.63, 3.8) is 0 Å². The first-order valence-corrected chi connectivity index (χ1v) is 9.97. The Hall–Kier alpha value is -3.79. The molecule has 32 heavy (non-hydrogen) atoms. The van der Waals surface area contributed by atoms with E-state index in [-0.39, 0.29) is 5.91 Å². The third kappa shape index (κ3) is 3.80. The number of carbonyl (C=O) groups is 1. The van der Waals surface area contributed by atoms with Crippen molar-refractivity contribution in [2.45, 2.75) is 13.0 Å². The molecule has 2 aromatic carbocycles. The Morgan fingerprint density at radius 3 is 2.47 bits per heavy atom. The number of nitrogens with zero attached hydrogens (tertiary/aromatic N) is 4. The summed E-state index contributed by atoms with van der Waals surface area (Å²) in [5.74, 6) is 1.58. The highest BCUT2D eigenvalue weighted by molar-refractivity contribution is 6.32. The molecule has 0 bridgehead atoms. The molecule has 1 aliphatic rings. The molecule has 10 nitrogen and oxygen atoms in total. The summed E-state index contributed by atoms with van der Waals surface area (Å²) in [6.45, 7) is 1.79. The van der Waals surface area contributed by atoms with Crippen molar-refractivity contribution in [3.8, 4) is 17.2 Å². The van der Waals surface area contributed by atoms with Crippen LogP contribution in [0.4, 0.5) is 11.6 Å². The number of fused-ring (bicyclic) bond motifs is 1. The van der Waals surface area contributed by atoms with Crippen LogP contribution in [0.5, 0.6) is 17.2 Å². The van der Waals surface area contributed by atoms with Gasteiger partial charge < -0.3 is 24.8 Å². The zero-order valence-electron chi connectivity index (χ0n) is 17.8. The maximum Gasteiger partial charge on any atom is 0.255 e. The third-order valence-electron chi connectivity index (χ3n) is 5.11. The lowest BCUT2D eigenvalue weighted by Crippen LogP contribution is -2.31. The van der Waals surface area contributed by atoms with Gasteiger partial charge in [-0.2, -0.15) is 4.68 Å². The van der Waals surface area contributed by atoms with Gasteiger partial charge in [0.2, 0.25) is 5.95 Å². The van der Waals surface area contributed by atoms with Crippen LogP contribution in [-0.4, -0.2) is 47.4 Å². The highest BCUT2D eigenvalue weighted by Gasteiger charge is 2.34. The minimum atomic E-state index is -0.563. The summed E-state index contributed by atoms with van der Waals surface area (Å²) in [4.78, 5) is 13.5. The molecular formula is C21H21ClN6O4. The minimum Gasteiger partial charge on any atom is -0.497 e. The Labute approximate surface area is 189 Å². The number of nitrogens with one attached hydrogen (secondary N) is 2. The average Bonchev–Trinajstić information content (AvgIpc) is 3.26. The average molecular weight is 457 g/mol. The quantitative estimate of drug-likeness (QED) is 0.581. The van der Waals surface area contributed by atoms with Gasteiger partial charge in [-0.3, -0.25) is 4.79 Å². The topological polar surface area (TPSA) is 112 Å². The number of methoxy groups -OCH3 is 3. The van der Waals surface area contributed by atoms with E-state index < -0.39 is 6.04 Å². The second-order valence-corrected chi connectivity index (χ2v) is 7.33. The smallest absolute Gasteiger partial charge is 0.255 e. The molecular weight excluding hydrogens is 436 g/mol. The van der Waals surface area contributed by atoms with Crippen molar-refractivity contribution in [1.29, 1.82) is 0 Å². The van der Waals surface area contributed by atoms with Gasteiger partial charge in [0.1, 0.15) is 23.3 Å². The summed E-state index contributed by atoms with van der Waals surface area (Å²) in [5.41, 5.74) is 2.28. The molecule has 11 heteroatoms. The number of rotatable bonds is 6. The molecule has 1 aromatic heterocycles. The lowest BCUT2D eigenvalue weighted by molar-refractivity contribution is -0.113. The number of aromatic nitrogens is 4. The lowest BCUT2D eigenvalue weighted by Gasteiger charge is -2.28. The minimum absolute atomic E-state index is 0.361. The first-order valence-electron chi connectivity index (χ1n) is 9.59. The number of amides is 1. The zero-order chi connectivity index (χ0) is 22.8. The van der Waals surface area contributed by atoms with Gasteiger partial charge in [0.05, 0.1) is 37.6 Å². The van der Waals surface area contributed by atoms with Crippen molar-refractivity contribution in [2.24, 2.45) is 0 Å². The van der Waals surface area contributed by atoms with Gasteiger partial charge in [-0.1, -0.05) is 28.8 Å². The van der Waals surface area contributed by atoms with Gasteiger partial charge in [-0.05, 0) is 35.0 Å². The fraction of sp³-hybridized carbons (Fsp3) is 0.238. The second kappa shape index (κ2) is 8.75. The summed E-state index contributed by atoms with van der Waals surface area (Å²) in [7, 11) is 4.58. The highest BCUT2D eigenvalue weighted by Crippen LogP contribution is 2.39. The number of tetrazole rings is 1. The fourth-order valence-corrected chi connectivity index (χ4v) is 3.78. The SMILES string of the molecule is COc1ccc([C@H]2C(C(=O)Nc3cc(OC)c(Cl)cc3OC)=C(C)Nc3nnnn32)cc1. The molecule has 0 fully saturated rings. The van der Waals surface area contributed by atoms with Crippen LogP contribution in [-0.2, 0) is 4.79 Å². The normalized spacial score (nSPS) is 15.0. The van der Waals surface area contributed by atoms with E-state index >= 15 is 0 Å². The van der Waals surface area contributed by atoms with Crippen LogP contribution in [0.1, 0.15) is 18.5 Å². The van der Waals surface area contributed by atoms with Crippen LogP contribution < -0.4 is 24.8 Å². The van der Waals surface area contributed by atoms with E-state index in [0.717, 1.165) is 5.56 Å². The third-order valence-corrected chi connectivity index (χ3v) is 5.41. The number of hydrogen-bond donors (Lipinski definition) is 2. The molecule has 2 heterocycles. The summed E-state index contributed by atoms with van der Waals surface area (Å²) in [6, 6.07) is 10.00. The molecule has 2 N–H and O–H groups in total. The first kappa shape index (κ1) is 21.4. The Bertz CT molecular complexity index is 1190. The molecule has 3 aromatic rings. The maximum atomic E-state index is 13.5. The standard InChI is InChI=1S/C21H21ClN6O4/c1-11-18(20(29)24-15-10-16(31-3)14(22)9-17(15)32-4)19(28-21(23-11)25-26-27-28)12-5-7-13(30-2)8-6-12/h5-10,19H,1-4H3,(H,24,29)(H,23,25,27)/t19-/m0/s1. The highest BCUT2D eigenvalue weighted by atomic mass is 35.5. The van der Waals surface area contributed by atoms with Gasteiger partial charge in [-0.25, -0.2) is 0 Å². The molecule has 1 aliphatic heterocycles. The van der Waals surface area contributed by atoms with Crippen LogP contribution in [0.15, 0.2) is 47.7 Å². The van der Waals surface area contributed by atoms with E-state index in [1.54, 1.807) is 30.8 Å². The maximum absolute atomic E-state index is 13.5. The van der Waals surface area contributed by atoms with Crippen molar-refractivity contribution in [2.75, 3.05) is 32.0 Å². The van der Waals surface area contributed by atoms with Crippen molar-refractivity contribution < 1.29 is 19.0 Å². The number of benzene rings is 2. The number of hydrogen-bond acceptors (Lipinski definition) is 8. The van der Waals surface area contributed by atoms with E-state index in [9.17, 15) is 4.79 Å². The molecule has 1 atom stereocenters. The van der Waals surface area contributed by atoms with Crippen LogP contribution in [0.2, 0.25) is 5.02 Å². The Morgan fingerprint density at radius 2 is 1.81 bits per heavy atom. The number of carbonyl (C=O) groups excluding carboxylic acids is 1. The van der Waals surface area contributed by atoms with Crippen LogP contribution in [0.25, 0.3) is 0 Å². The summed E-state index contributed by atoms with van der Waals surface area (Å²) in [5, 5.41) is 18.2. The second-order valence-electron chi connectivity index (χ2n) is 6.93. The number of allylic oxidation sites excluding steroid dienone is 1. The summed E-state index contributed by atoms with van der Waals surface area (Å²) >= 11 is 6.19. The summed E-state index contributed by atoms with van der Waals surface area (Å²) in [6.07, 6.45) is 0. The van der Waals surface area contributed by atoms with Crippen molar-refractivity contribution in [3.05, 3.63) is 58.3 Å². The van der Waals surface area contributed by atoms with E-state index in [4.69, 9.17) is 25.8 Å². The molecule has 0 radical (unpaired) electrons. The molecule has 0 spiro atoms. The van der Waals surface area contributed by atoms with E-state index in [2.05, 4.69) is 26.2 Å². The van der Waals surface area contributed by atoms with Crippen LogP contribution in [0.3, 0.4) is 0 Å². The predicted octanol–water partition coefficient (Wildman–Crippen LogP) is 3.28. The van der Waals surface area contributed by atoms with Crippen LogP contribution >= 0.6 is 11.6 Å². The number of ether oxygens (including phenoxy) is 3.